The van der Waals surface area contributed by atoms with E-state index >= 15 is 0 Å². The number of aliphatic carboxylic acids is 1. The van der Waals surface area contributed by atoms with Gasteiger partial charge in [0.1, 0.15) is 12.1 Å². The Hall–Kier alpha value is -2.89. The zero-order valence-electron chi connectivity index (χ0n) is 13.1. The largest absolute Gasteiger partial charge is 0.480 e. The van der Waals surface area contributed by atoms with Gasteiger partial charge in [-0.1, -0.05) is 35.0 Å². The van der Waals surface area contributed by atoms with Gasteiger partial charge >= 0.3 is 5.97 Å². The van der Waals surface area contributed by atoms with E-state index in [1.165, 1.54) is 5.56 Å². The van der Waals surface area contributed by atoms with Crippen LogP contribution in [0.2, 0.25) is 0 Å². The van der Waals surface area contributed by atoms with Crippen molar-refractivity contribution in [2.24, 2.45) is 0 Å². The molecular formula is C17H18N4O2. The zero-order chi connectivity index (χ0) is 16.4. The average molecular weight is 310 g/mol. The first-order valence-corrected chi connectivity index (χ1v) is 7.34. The van der Waals surface area contributed by atoms with Gasteiger partial charge in [0.15, 0.2) is 0 Å². The number of hydrogen-bond acceptors (Lipinski definition) is 4. The van der Waals surface area contributed by atoms with Crippen LogP contribution in [0.3, 0.4) is 0 Å². The van der Waals surface area contributed by atoms with Crippen LogP contribution in [0, 0.1) is 6.92 Å². The van der Waals surface area contributed by atoms with Crippen molar-refractivity contribution in [2.75, 3.05) is 18.5 Å². The van der Waals surface area contributed by atoms with Gasteiger partial charge in [-0.3, -0.25) is 4.79 Å². The maximum atomic E-state index is 10.8. The Morgan fingerprint density at radius 2 is 1.96 bits per heavy atom. The molecule has 1 heterocycles. The molecule has 0 saturated heterocycles. The van der Waals surface area contributed by atoms with Gasteiger partial charge in [-0.05, 0) is 30.7 Å². The number of carbonyl (C=O) groups is 1. The summed E-state index contributed by atoms with van der Waals surface area (Å²) in [4.78, 5) is 12.5. The summed E-state index contributed by atoms with van der Waals surface area (Å²) in [5, 5.41) is 17.3. The number of nitrogens with zero attached hydrogens (tertiary/aromatic N) is 4. The predicted octanol–water partition coefficient (Wildman–Crippen LogP) is 2.31. The maximum Gasteiger partial charge on any atom is 0.323 e. The van der Waals surface area contributed by atoms with Crippen molar-refractivity contribution >= 4 is 22.7 Å². The molecule has 0 amide bonds. The average Bonchev–Trinajstić information content (AvgIpc) is 2.91. The molecular weight excluding hydrogens is 292 g/mol. The van der Waals surface area contributed by atoms with Crippen molar-refractivity contribution in [1.29, 1.82) is 0 Å². The highest BCUT2D eigenvalue weighted by Crippen LogP contribution is 2.20. The highest BCUT2D eigenvalue weighted by molar-refractivity contribution is 5.81. The molecule has 1 N–H and O–H groups in total. The van der Waals surface area contributed by atoms with Crippen molar-refractivity contribution in [1.82, 2.24) is 15.0 Å². The van der Waals surface area contributed by atoms with Crippen LogP contribution in [0.1, 0.15) is 11.1 Å². The lowest BCUT2D eigenvalue weighted by Gasteiger charge is -2.16. The van der Waals surface area contributed by atoms with Crippen molar-refractivity contribution in [2.45, 2.75) is 13.5 Å². The lowest BCUT2D eigenvalue weighted by molar-refractivity contribution is -0.135. The summed E-state index contributed by atoms with van der Waals surface area (Å²) in [5.41, 5.74) is 4.88. The number of carboxylic acid groups (broad SMARTS) is 1. The fourth-order valence-electron chi connectivity index (χ4n) is 2.48. The number of anilines is 1. The van der Waals surface area contributed by atoms with Crippen LogP contribution in [0.5, 0.6) is 0 Å². The Labute approximate surface area is 134 Å². The molecule has 2 aromatic carbocycles. The van der Waals surface area contributed by atoms with E-state index in [0.717, 1.165) is 22.3 Å². The quantitative estimate of drug-likeness (QED) is 0.783. The lowest BCUT2D eigenvalue weighted by atomic mass is 10.1. The third kappa shape index (κ3) is 3.31. The number of benzene rings is 2. The highest BCUT2D eigenvalue weighted by Gasteiger charge is 2.10. The van der Waals surface area contributed by atoms with Crippen LogP contribution in [0.25, 0.3) is 11.0 Å². The molecule has 0 unspecified atom stereocenters. The van der Waals surface area contributed by atoms with E-state index in [2.05, 4.69) is 41.5 Å². The Bertz CT molecular complexity index is 839. The van der Waals surface area contributed by atoms with E-state index in [1.807, 2.05) is 22.9 Å². The number of likely N-dealkylation sites (N-methyl/N-ethyl adjacent to an activating group) is 1. The van der Waals surface area contributed by atoms with E-state index in [9.17, 15) is 4.79 Å². The second-order valence-corrected chi connectivity index (χ2v) is 5.66. The van der Waals surface area contributed by atoms with Crippen molar-refractivity contribution in [3.05, 3.63) is 53.6 Å². The van der Waals surface area contributed by atoms with E-state index in [1.54, 1.807) is 11.9 Å². The van der Waals surface area contributed by atoms with Gasteiger partial charge in [0.2, 0.25) is 0 Å². The molecule has 23 heavy (non-hydrogen) atoms. The van der Waals surface area contributed by atoms with Crippen LogP contribution in [0.4, 0.5) is 5.69 Å². The Balaban J connectivity index is 1.86. The number of fused-ring (bicyclic) bond motifs is 1. The second kappa shape index (κ2) is 6.08. The van der Waals surface area contributed by atoms with Gasteiger partial charge in [0.05, 0.1) is 12.1 Å². The molecule has 1 aromatic heterocycles. The number of aromatic nitrogens is 3. The molecule has 118 valence electrons. The number of aryl methyl sites for hydroxylation is 1. The fourth-order valence-corrected chi connectivity index (χ4v) is 2.48. The SMILES string of the molecule is Cc1ccc(Cn2nnc3cc(N(C)CC(=O)O)ccc32)cc1. The van der Waals surface area contributed by atoms with Gasteiger partial charge in [0.25, 0.3) is 0 Å². The first-order valence-electron chi connectivity index (χ1n) is 7.34. The van der Waals surface area contributed by atoms with Crippen LogP contribution < -0.4 is 4.90 Å². The minimum atomic E-state index is -0.865. The zero-order valence-corrected chi connectivity index (χ0v) is 13.1. The molecule has 0 saturated carbocycles. The predicted molar refractivity (Wildman–Crippen MR) is 88.7 cm³/mol. The molecule has 0 fully saturated rings. The number of rotatable bonds is 5. The van der Waals surface area contributed by atoms with Gasteiger partial charge in [-0.2, -0.15) is 0 Å². The van der Waals surface area contributed by atoms with Crippen LogP contribution in [0.15, 0.2) is 42.5 Å². The normalized spacial score (nSPS) is 10.9. The number of carboxylic acids is 1. The third-order valence-electron chi connectivity index (χ3n) is 3.76. The molecule has 0 atom stereocenters. The third-order valence-corrected chi connectivity index (χ3v) is 3.76. The summed E-state index contributed by atoms with van der Waals surface area (Å²) >= 11 is 0. The van der Waals surface area contributed by atoms with E-state index in [-0.39, 0.29) is 6.54 Å². The minimum Gasteiger partial charge on any atom is -0.480 e. The minimum absolute atomic E-state index is 0.0526. The Morgan fingerprint density at radius 3 is 2.65 bits per heavy atom. The molecule has 0 radical (unpaired) electrons. The summed E-state index contributed by atoms with van der Waals surface area (Å²) in [5.74, 6) is -0.865. The van der Waals surface area contributed by atoms with Gasteiger partial charge in [-0.15, -0.1) is 5.10 Å². The summed E-state index contributed by atoms with van der Waals surface area (Å²) in [7, 11) is 1.74. The van der Waals surface area contributed by atoms with Gasteiger partial charge in [0, 0.05) is 12.7 Å². The first kappa shape index (κ1) is 15.0. The van der Waals surface area contributed by atoms with Gasteiger partial charge < -0.3 is 10.0 Å². The lowest BCUT2D eigenvalue weighted by Crippen LogP contribution is -2.24. The van der Waals surface area contributed by atoms with Gasteiger partial charge in [-0.25, -0.2) is 4.68 Å². The molecule has 3 aromatic rings. The summed E-state index contributed by atoms with van der Waals surface area (Å²) < 4.78 is 1.85. The standard InChI is InChI=1S/C17H18N4O2/c1-12-3-5-13(6-4-12)10-21-16-8-7-14(9-15(16)18-19-21)20(2)11-17(22)23/h3-9H,10-11H2,1-2H3,(H,22,23). The van der Waals surface area contributed by atoms with E-state index in [4.69, 9.17) is 5.11 Å². The molecule has 0 aliphatic heterocycles. The summed E-state index contributed by atoms with van der Waals surface area (Å²) in [6.07, 6.45) is 0. The van der Waals surface area contributed by atoms with Crippen LogP contribution in [-0.2, 0) is 11.3 Å². The van der Waals surface area contributed by atoms with E-state index in [0.29, 0.717) is 6.54 Å². The smallest absolute Gasteiger partial charge is 0.323 e. The summed E-state index contributed by atoms with van der Waals surface area (Å²) in [6, 6.07) is 14.0. The second-order valence-electron chi connectivity index (χ2n) is 5.66. The first-order chi connectivity index (χ1) is 11.0. The number of hydrogen-bond donors (Lipinski definition) is 1. The highest BCUT2D eigenvalue weighted by atomic mass is 16.4. The molecule has 0 aliphatic carbocycles. The Morgan fingerprint density at radius 1 is 1.22 bits per heavy atom. The summed E-state index contributed by atoms with van der Waals surface area (Å²) in [6.45, 7) is 2.66. The fraction of sp³-hybridized carbons (Fsp3) is 0.235. The van der Waals surface area contributed by atoms with Crippen molar-refractivity contribution < 1.29 is 9.90 Å². The molecule has 0 aliphatic rings. The monoisotopic (exact) mass is 310 g/mol. The van der Waals surface area contributed by atoms with E-state index < -0.39 is 5.97 Å². The topological polar surface area (TPSA) is 71.2 Å². The molecule has 3 rings (SSSR count). The van der Waals surface area contributed by atoms with Crippen LogP contribution in [-0.4, -0.2) is 39.7 Å². The molecule has 6 nitrogen and oxygen atoms in total. The van der Waals surface area contributed by atoms with Crippen LogP contribution >= 0.6 is 0 Å². The van der Waals surface area contributed by atoms with Crippen molar-refractivity contribution in [3.63, 3.8) is 0 Å². The molecule has 6 heteroatoms. The van der Waals surface area contributed by atoms with Crippen molar-refractivity contribution in [3.8, 4) is 0 Å². The molecule has 0 spiro atoms. The Kier molecular flexibility index (Phi) is 3.97. The maximum absolute atomic E-state index is 10.8. The molecule has 0 bridgehead atoms.